The number of allylic oxidation sites excluding steroid dienone is 4. The van der Waals surface area contributed by atoms with E-state index in [0.717, 1.165) is 27.9 Å². The van der Waals surface area contributed by atoms with Crippen molar-refractivity contribution in [1.82, 2.24) is 19.9 Å². The topological polar surface area (TPSA) is 51.6 Å². The molecule has 2 heterocycles. The number of hydrogen-bond donors (Lipinski definition) is 0. The smallest absolute Gasteiger partial charge is 0.164 e. The average Bonchev–Trinajstić information content (AvgIpc) is 3.62. The summed E-state index contributed by atoms with van der Waals surface area (Å²) in [6.45, 7) is 0. The van der Waals surface area contributed by atoms with E-state index in [-0.39, 0.29) is 11.3 Å². The molecule has 0 bridgehead atoms. The summed E-state index contributed by atoms with van der Waals surface area (Å²) in [5.41, 5.74) is 10.1. The van der Waals surface area contributed by atoms with Crippen molar-refractivity contribution in [2.24, 2.45) is 11.8 Å². The molecule has 4 aromatic carbocycles. The van der Waals surface area contributed by atoms with E-state index < -0.39 is 0 Å². The third-order valence-electron chi connectivity index (χ3n) is 11.5. The number of rotatable bonds is 3. The molecule has 4 nitrogen and oxygen atoms in total. The molecule has 4 heteroatoms. The van der Waals surface area contributed by atoms with Crippen LogP contribution in [0.5, 0.6) is 0 Å². The van der Waals surface area contributed by atoms with Crippen LogP contribution < -0.4 is 0 Å². The number of fused-ring (bicyclic) bond motifs is 11. The predicted molar refractivity (Wildman–Crippen MR) is 188 cm³/mol. The largest absolute Gasteiger partial charge is 0.256 e. The van der Waals surface area contributed by atoms with Gasteiger partial charge < -0.3 is 0 Å². The first-order chi connectivity index (χ1) is 23.3. The zero-order valence-corrected chi connectivity index (χ0v) is 26.1. The second-order valence-electron chi connectivity index (χ2n) is 13.6. The van der Waals surface area contributed by atoms with Crippen molar-refractivity contribution in [3.63, 3.8) is 0 Å². The first-order valence-corrected chi connectivity index (χ1v) is 17.0. The van der Waals surface area contributed by atoms with Gasteiger partial charge in [-0.25, -0.2) is 15.0 Å². The molecule has 4 aliphatic carbocycles. The minimum atomic E-state index is -0.0532. The third-order valence-corrected chi connectivity index (χ3v) is 11.5. The number of hydrogen-bond acceptors (Lipinski definition) is 4. The Hall–Kier alpha value is -5.22. The van der Waals surface area contributed by atoms with Gasteiger partial charge in [0.05, 0.1) is 5.52 Å². The predicted octanol–water partition coefficient (Wildman–Crippen LogP) is 9.69. The summed E-state index contributed by atoms with van der Waals surface area (Å²) < 4.78 is 0. The van der Waals surface area contributed by atoms with Gasteiger partial charge in [-0.2, -0.15) is 0 Å². The maximum atomic E-state index is 5.29. The molecule has 10 rings (SSSR count). The lowest BCUT2D eigenvalue weighted by molar-refractivity contribution is 0.200. The number of aromatic nitrogens is 4. The molecule has 0 aliphatic heterocycles. The Morgan fingerprint density at radius 2 is 1.34 bits per heavy atom. The van der Waals surface area contributed by atoms with Crippen molar-refractivity contribution in [2.45, 2.75) is 42.9 Å². The van der Waals surface area contributed by atoms with Crippen molar-refractivity contribution in [3.8, 4) is 22.8 Å². The SMILES string of the molecule is C1=CC2C(C(c3nc(-c4ccccc4)nc(-c4ccc5ncccc5c4)n3)=C1)c1ccccc1C21c2ccccc2C2CCCCC21. The second kappa shape index (κ2) is 10.4. The zero-order valence-electron chi connectivity index (χ0n) is 26.1. The molecular formula is C43H34N4. The monoisotopic (exact) mass is 606 g/mol. The molecule has 0 saturated heterocycles. The maximum absolute atomic E-state index is 5.29. The van der Waals surface area contributed by atoms with Gasteiger partial charge >= 0.3 is 0 Å². The lowest BCUT2D eigenvalue weighted by atomic mass is 9.59. The molecule has 226 valence electrons. The molecule has 2 aromatic heterocycles. The van der Waals surface area contributed by atoms with Gasteiger partial charge in [-0.05, 0) is 71.2 Å². The van der Waals surface area contributed by atoms with Crippen LogP contribution in [0.15, 0.2) is 134 Å². The first-order valence-electron chi connectivity index (χ1n) is 17.0. The summed E-state index contributed by atoms with van der Waals surface area (Å²) >= 11 is 0. The Bertz CT molecular complexity index is 2250. The van der Waals surface area contributed by atoms with Gasteiger partial charge in [0, 0.05) is 45.5 Å². The third kappa shape index (κ3) is 3.88. The van der Waals surface area contributed by atoms with Crippen LogP contribution in [0.25, 0.3) is 39.3 Å². The number of benzene rings is 4. The van der Waals surface area contributed by atoms with E-state index in [2.05, 4.69) is 108 Å². The van der Waals surface area contributed by atoms with Gasteiger partial charge in [-0.3, -0.25) is 4.98 Å². The minimum absolute atomic E-state index is 0.0532. The van der Waals surface area contributed by atoms with Crippen molar-refractivity contribution in [2.75, 3.05) is 0 Å². The van der Waals surface area contributed by atoms with Crippen molar-refractivity contribution < 1.29 is 0 Å². The van der Waals surface area contributed by atoms with E-state index in [1.54, 1.807) is 11.1 Å². The lowest BCUT2D eigenvalue weighted by Gasteiger charge is -2.43. The number of pyridine rings is 1. The van der Waals surface area contributed by atoms with Crippen molar-refractivity contribution in [3.05, 3.63) is 162 Å². The van der Waals surface area contributed by atoms with Crippen LogP contribution in [0.2, 0.25) is 0 Å². The van der Waals surface area contributed by atoms with Crippen molar-refractivity contribution >= 4 is 16.5 Å². The molecule has 6 aromatic rings. The molecule has 5 atom stereocenters. The zero-order chi connectivity index (χ0) is 31.0. The van der Waals surface area contributed by atoms with Crippen LogP contribution >= 0.6 is 0 Å². The van der Waals surface area contributed by atoms with Gasteiger partial charge in [0.15, 0.2) is 17.5 Å². The summed E-state index contributed by atoms with van der Waals surface area (Å²) in [5.74, 6) is 3.80. The Morgan fingerprint density at radius 3 is 2.21 bits per heavy atom. The molecule has 0 radical (unpaired) electrons. The quantitative estimate of drug-likeness (QED) is 0.201. The molecule has 47 heavy (non-hydrogen) atoms. The van der Waals surface area contributed by atoms with Gasteiger partial charge in [0.1, 0.15) is 0 Å². The van der Waals surface area contributed by atoms with E-state index in [4.69, 9.17) is 15.0 Å². The normalized spacial score (nSPS) is 25.2. The Kier molecular flexibility index (Phi) is 5.96. The van der Waals surface area contributed by atoms with Gasteiger partial charge in [-0.1, -0.05) is 116 Å². The molecule has 0 amide bonds. The first kappa shape index (κ1) is 26.9. The van der Waals surface area contributed by atoms with Crippen LogP contribution in [-0.2, 0) is 5.41 Å². The summed E-state index contributed by atoms with van der Waals surface area (Å²) in [4.78, 5) is 20.2. The van der Waals surface area contributed by atoms with E-state index in [0.29, 0.717) is 29.4 Å². The van der Waals surface area contributed by atoms with Gasteiger partial charge in [0.2, 0.25) is 0 Å². The fourth-order valence-electron chi connectivity index (χ4n) is 9.78. The Balaban J connectivity index is 1.18. The molecule has 1 saturated carbocycles. The highest BCUT2D eigenvalue weighted by molar-refractivity contribution is 5.84. The average molecular weight is 607 g/mol. The standard InChI is InChI=1S/C43H34N4/c1-2-12-27(13-3-1)40-45-41(29-23-24-38-28(26-29)14-11-25-44-38)47-42(46-40)33-18-10-22-37-39(33)32-17-6-9-21-36(32)43(37)34-19-7-4-15-30(34)31-16-5-8-20-35(31)43/h1-4,6-7,9-15,17-19,21-26,31,35,37,39H,5,8,16,20H2. The highest BCUT2D eigenvalue weighted by atomic mass is 15.0. The molecule has 5 unspecified atom stereocenters. The second-order valence-corrected chi connectivity index (χ2v) is 13.6. The van der Waals surface area contributed by atoms with Crippen LogP contribution in [0.4, 0.5) is 0 Å². The van der Waals surface area contributed by atoms with Gasteiger partial charge in [0.25, 0.3) is 0 Å². The molecule has 4 aliphatic rings. The Morgan fingerprint density at radius 1 is 0.617 bits per heavy atom. The van der Waals surface area contributed by atoms with Crippen LogP contribution in [-0.4, -0.2) is 19.9 Å². The van der Waals surface area contributed by atoms with Crippen LogP contribution in [0.1, 0.15) is 65.6 Å². The number of nitrogens with zero attached hydrogens (tertiary/aromatic N) is 4. The summed E-state index contributed by atoms with van der Waals surface area (Å²) in [6.07, 6.45) is 14.1. The minimum Gasteiger partial charge on any atom is -0.256 e. The Labute approximate surface area is 275 Å². The van der Waals surface area contributed by atoms with Crippen molar-refractivity contribution in [1.29, 1.82) is 0 Å². The fourth-order valence-corrected chi connectivity index (χ4v) is 9.78. The van der Waals surface area contributed by atoms with E-state index in [1.807, 2.05) is 30.5 Å². The summed E-state index contributed by atoms with van der Waals surface area (Å²) in [5, 5.41) is 1.07. The molecule has 0 N–H and O–H groups in total. The fraction of sp³-hybridized carbons (Fsp3) is 0.209. The molecule has 1 fully saturated rings. The van der Waals surface area contributed by atoms with E-state index >= 15 is 0 Å². The molecule has 1 spiro atoms. The maximum Gasteiger partial charge on any atom is 0.164 e. The van der Waals surface area contributed by atoms with Crippen LogP contribution in [0, 0.1) is 11.8 Å². The highest BCUT2D eigenvalue weighted by Crippen LogP contribution is 2.70. The van der Waals surface area contributed by atoms with E-state index in [1.165, 1.54) is 42.4 Å². The molecular weight excluding hydrogens is 573 g/mol. The van der Waals surface area contributed by atoms with Crippen LogP contribution in [0.3, 0.4) is 0 Å². The lowest BCUT2D eigenvalue weighted by Crippen LogP contribution is -2.40. The summed E-state index contributed by atoms with van der Waals surface area (Å²) in [6, 6.07) is 39.4. The summed E-state index contributed by atoms with van der Waals surface area (Å²) in [7, 11) is 0. The van der Waals surface area contributed by atoms with E-state index in [9.17, 15) is 0 Å². The van der Waals surface area contributed by atoms with Gasteiger partial charge in [-0.15, -0.1) is 0 Å². The highest BCUT2D eigenvalue weighted by Gasteiger charge is 2.63.